The largest absolute Gasteiger partial charge is 0.504 e. The van der Waals surface area contributed by atoms with Gasteiger partial charge in [0.15, 0.2) is 5.75 Å². The molecule has 0 bridgehead atoms. The molecule has 0 aromatic carbocycles. The molecule has 70 valence electrons. The molecule has 0 saturated carbocycles. The fourth-order valence-electron chi connectivity index (χ4n) is 0.858. The summed E-state index contributed by atoms with van der Waals surface area (Å²) in [6, 6.07) is 1.25. The van der Waals surface area contributed by atoms with Crippen LogP contribution in [0.25, 0.3) is 0 Å². The van der Waals surface area contributed by atoms with Crippen molar-refractivity contribution >= 4 is 6.09 Å². The number of hydrogen-bond donors (Lipinski definition) is 3. The molecule has 0 aliphatic carbocycles. The van der Waals surface area contributed by atoms with Gasteiger partial charge in [-0.1, -0.05) is 0 Å². The van der Waals surface area contributed by atoms with Crippen molar-refractivity contribution in [2.75, 3.05) is 0 Å². The van der Waals surface area contributed by atoms with Gasteiger partial charge in [-0.2, -0.15) is 0 Å². The first-order valence-corrected chi connectivity index (χ1v) is 3.41. The third-order valence-corrected chi connectivity index (χ3v) is 1.31. The van der Waals surface area contributed by atoms with E-state index in [2.05, 4.69) is 15.5 Å². The molecule has 1 aromatic heterocycles. The Morgan fingerprint density at radius 2 is 2.31 bits per heavy atom. The zero-order valence-corrected chi connectivity index (χ0v) is 6.83. The number of aryl methyl sites for hydroxylation is 1. The molecule has 1 amide bonds. The number of aromatic amines is 1. The van der Waals surface area contributed by atoms with Crippen molar-refractivity contribution in [3.63, 3.8) is 0 Å². The number of aromatic nitrogens is 1. The maximum absolute atomic E-state index is 11.0. The lowest BCUT2D eigenvalue weighted by Crippen LogP contribution is -2.21. The summed E-state index contributed by atoms with van der Waals surface area (Å²) in [5, 5.41) is 9.17. The van der Waals surface area contributed by atoms with Gasteiger partial charge in [0.25, 0.3) is 5.56 Å². The molecule has 0 unspecified atom stereocenters. The van der Waals surface area contributed by atoms with E-state index in [4.69, 9.17) is 5.11 Å². The van der Waals surface area contributed by atoms with Gasteiger partial charge in [-0.3, -0.25) is 4.79 Å². The van der Waals surface area contributed by atoms with Crippen LogP contribution in [0, 0.1) is 6.92 Å². The van der Waals surface area contributed by atoms with Gasteiger partial charge < -0.3 is 20.6 Å². The fourth-order valence-corrected chi connectivity index (χ4v) is 0.858. The second kappa shape index (κ2) is 3.18. The highest BCUT2D eigenvalue weighted by atomic mass is 16.6. The van der Waals surface area contributed by atoms with E-state index in [-0.39, 0.29) is 0 Å². The van der Waals surface area contributed by atoms with Gasteiger partial charge in [-0.25, -0.2) is 4.79 Å². The number of carbonyl (C=O) groups is 1. The number of hydrogen-bond acceptors (Lipinski definition) is 4. The Bertz CT molecular complexity index is 396. The minimum Gasteiger partial charge on any atom is -0.504 e. The van der Waals surface area contributed by atoms with Crippen LogP contribution in [0.4, 0.5) is 4.79 Å². The molecular formula is C7H8N2O4. The number of aromatic hydroxyl groups is 1. The molecule has 0 atom stereocenters. The molecular weight excluding hydrogens is 176 g/mol. The first kappa shape index (κ1) is 9.11. The predicted molar refractivity (Wildman–Crippen MR) is 43.7 cm³/mol. The van der Waals surface area contributed by atoms with Crippen LogP contribution in [0.1, 0.15) is 5.69 Å². The summed E-state index contributed by atoms with van der Waals surface area (Å²) in [5.41, 5.74) is 4.44. The third-order valence-electron chi connectivity index (χ3n) is 1.31. The van der Waals surface area contributed by atoms with Crippen molar-refractivity contribution in [1.29, 1.82) is 0 Å². The molecule has 0 radical (unpaired) electrons. The first-order valence-electron chi connectivity index (χ1n) is 3.41. The van der Waals surface area contributed by atoms with Crippen LogP contribution in [-0.2, 0) is 0 Å². The summed E-state index contributed by atoms with van der Waals surface area (Å²) in [7, 11) is 0. The maximum Gasteiger partial charge on any atom is 0.410 e. The third kappa shape index (κ3) is 1.98. The normalized spacial score (nSPS) is 9.62. The van der Waals surface area contributed by atoms with E-state index in [1.165, 1.54) is 6.07 Å². The van der Waals surface area contributed by atoms with Crippen LogP contribution >= 0.6 is 0 Å². The van der Waals surface area contributed by atoms with Crippen molar-refractivity contribution in [2.24, 2.45) is 5.73 Å². The number of nitrogens with two attached hydrogens (primary N) is 1. The summed E-state index contributed by atoms with van der Waals surface area (Å²) in [6.45, 7) is 1.58. The van der Waals surface area contributed by atoms with Crippen LogP contribution in [0.2, 0.25) is 0 Å². The Hall–Kier alpha value is -1.98. The van der Waals surface area contributed by atoms with Crippen molar-refractivity contribution in [3.8, 4) is 11.5 Å². The van der Waals surface area contributed by atoms with Crippen LogP contribution < -0.4 is 16.0 Å². The summed E-state index contributed by atoms with van der Waals surface area (Å²) >= 11 is 0. The number of pyridine rings is 1. The SMILES string of the molecule is Cc1cc(O)c(OC(N)=O)c(=O)[nH]1. The molecule has 1 heterocycles. The number of carbonyl (C=O) groups excluding carboxylic acids is 1. The monoisotopic (exact) mass is 184 g/mol. The molecule has 0 spiro atoms. The van der Waals surface area contributed by atoms with E-state index < -0.39 is 23.2 Å². The second-order valence-corrected chi connectivity index (χ2v) is 2.42. The van der Waals surface area contributed by atoms with Gasteiger partial charge in [0.2, 0.25) is 5.75 Å². The Labute approximate surface area is 73.0 Å². The van der Waals surface area contributed by atoms with E-state index in [1.807, 2.05) is 0 Å². The molecule has 1 aromatic rings. The zero-order chi connectivity index (χ0) is 10.0. The molecule has 1 rings (SSSR count). The Morgan fingerprint density at radius 3 is 2.77 bits per heavy atom. The van der Waals surface area contributed by atoms with Gasteiger partial charge in [-0.15, -0.1) is 0 Å². The Balaban J connectivity index is 3.21. The average molecular weight is 184 g/mol. The van der Waals surface area contributed by atoms with E-state index >= 15 is 0 Å². The number of rotatable bonds is 1. The van der Waals surface area contributed by atoms with Crippen LogP contribution in [0.15, 0.2) is 10.9 Å². The van der Waals surface area contributed by atoms with Gasteiger partial charge >= 0.3 is 6.09 Å². The maximum atomic E-state index is 11.0. The topological polar surface area (TPSA) is 105 Å². The summed E-state index contributed by atoms with van der Waals surface area (Å²) in [6.07, 6.45) is -1.15. The second-order valence-electron chi connectivity index (χ2n) is 2.42. The fraction of sp³-hybridized carbons (Fsp3) is 0.143. The molecule has 6 nitrogen and oxygen atoms in total. The Kier molecular flexibility index (Phi) is 2.23. The molecule has 0 aliphatic heterocycles. The summed E-state index contributed by atoms with van der Waals surface area (Å²) < 4.78 is 4.28. The number of ether oxygens (including phenoxy) is 1. The van der Waals surface area contributed by atoms with Crippen LogP contribution in [0.5, 0.6) is 11.5 Å². The lowest BCUT2D eigenvalue weighted by Gasteiger charge is -2.02. The highest BCUT2D eigenvalue weighted by Crippen LogP contribution is 2.20. The number of primary amides is 1. The molecule has 13 heavy (non-hydrogen) atoms. The van der Waals surface area contributed by atoms with E-state index in [1.54, 1.807) is 6.92 Å². The minimum absolute atomic E-state index is 0.417. The lowest BCUT2D eigenvalue weighted by atomic mass is 10.3. The number of H-pyrrole nitrogens is 1. The average Bonchev–Trinajstić information content (AvgIpc) is 1.96. The van der Waals surface area contributed by atoms with Crippen LogP contribution in [-0.4, -0.2) is 16.2 Å². The van der Waals surface area contributed by atoms with Gasteiger partial charge in [-0.05, 0) is 6.92 Å². The van der Waals surface area contributed by atoms with Crippen molar-refractivity contribution < 1.29 is 14.6 Å². The number of amides is 1. The van der Waals surface area contributed by atoms with Crippen molar-refractivity contribution in [2.45, 2.75) is 6.92 Å². The van der Waals surface area contributed by atoms with Gasteiger partial charge in [0.05, 0.1) is 0 Å². The van der Waals surface area contributed by atoms with Crippen molar-refractivity contribution in [3.05, 3.63) is 22.1 Å². The highest BCUT2D eigenvalue weighted by molar-refractivity contribution is 5.68. The summed E-state index contributed by atoms with van der Waals surface area (Å²) in [4.78, 5) is 23.7. The van der Waals surface area contributed by atoms with E-state index in [0.29, 0.717) is 5.69 Å². The predicted octanol–water partition coefficient (Wildman–Crippen LogP) is -0.154. The zero-order valence-electron chi connectivity index (χ0n) is 6.83. The lowest BCUT2D eigenvalue weighted by molar-refractivity contribution is 0.208. The van der Waals surface area contributed by atoms with Gasteiger partial charge in [0, 0.05) is 11.8 Å². The molecule has 4 N–H and O–H groups in total. The summed E-state index contributed by atoms with van der Waals surface area (Å²) in [5.74, 6) is -0.904. The smallest absolute Gasteiger partial charge is 0.410 e. The first-order chi connectivity index (χ1) is 6.00. The van der Waals surface area contributed by atoms with E-state index in [0.717, 1.165) is 0 Å². The van der Waals surface area contributed by atoms with Gasteiger partial charge in [0.1, 0.15) is 0 Å². The molecule has 0 saturated heterocycles. The minimum atomic E-state index is -1.15. The highest BCUT2D eigenvalue weighted by Gasteiger charge is 2.10. The standard InChI is InChI=1S/C7H8N2O4/c1-3-2-4(10)5(6(11)9-3)13-7(8)12/h2H,1H3,(H2,8,12)(H2,9,10,11). The van der Waals surface area contributed by atoms with E-state index in [9.17, 15) is 9.59 Å². The molecule has 0 fully saturated rings. The Morgan fingerprint density at radius 1 is 1.69 bits per heavy atom. The number of nitrogens with one attached hydrogen (secondary N) is 1. The molecule has 6 heteroatoms. The van der Waals surface area contributed by atoms with Crippen LogP contribution in [0.3, 0.4) is 0 Å². The molecule has 0 aliphatic rings. The van der Waals surface area contributed by atoms with Crippen molar-refractivity contribution in [1.82, 2.24) is 4.98 Å². The quantitative estimate of drug-likeness (QED) is 0.564.